The van der Waals surface area contributed by atoms with Gasteiger partial charge in [-0.2, -0.15) is 5.11 Å². The van der Waals surface area contributed by atoms with Crippen LogP contribution in [0.5, 0.6) is 0 Å². The fourth-order valence-corrected chi connectivity index (χ4v) is 2.11. The Bertz CT molecular complexity index is 404. The minimum absolute atomic E-state index is 0.336. The largest absolute Gasteiger partial charge is 0.239 e. The van der Waals surface area contributed by atoms with Crippen molar-refractivity contribution in [3.05, 3.63) is 29.9 Å². The van der Waals surface area contributed by atoms with Crippen LogP contribution in [0.4, 0.5) is 0 Å². The van der Waals surface area contributed by atoms with Crippen molar-refractivity contribution in [3.8, 4) is 0 Å². The number of hydrogen-bond acceptors (Lipinski definition) is 3. The molecule has 1 aromatic rings. The molecule has 0 aromatic carbocycles. The zero-order chi connectivity index (χ0) is 13.4. The molecular formula is C14H24N4. The van der Waals surface area contributed by atoms with Crippen LogP contribution in [-0.2, 0) is 0 Å². The third-order valence-electron chi connectivity index (χ3n) is 3.13. The Morgan fingerprint density at radius 1 is 1.50 bits per heavy atom. The first-order chi connectivity index (χ1) is 8.74. The summed E-state index contributed by atoms with van der Waals surface area (Å²) in [7, 11) is 1.68. The minimum atomic E-state index is 0.336. The van der Waals surface area contributed by atoms with Crippen molar-refractivity contribution in [2.45, 2.75) is 52.4 Å². The van der Waals surface area contributed by atoms with Gasteiger partial charge in [-0.3, -0.25) is 0 Å². The van der Waals surface area contributed by atoms with Gasteiger partial charge >= 0.3 is 0 Å². The van der Waals surface area contributed by atoms with E-state index in [4.69, 9.17) is 0 Å². The first-order valence-corrected chi connectivity index (χ1v) is 6.74. The van der Waals surface area contributed by atoms with Crippen molar-refractivity contribution in [3.63, 3.8) is 0 Å². The minimum Gasteiger partial charge on any atom is -0.239 e. The van der Waals surface area contributed by atoms with Crippen LogP contribution < -0.4 is 0 Å². The van der Waals surface area contributed by atoms with Crippen LogP contribution in [0.3, 0.4) is 0 Å². The van der Waals surface area contributed by atoms with Gasteiger partial charge in [0.15, 0.2) is 0 Å². The van der Waals surface area contributed by atoms with E-state index in [0.29, 0.717) is 5.92 Å². The van der Waals surface area contributed by atoms with E-state index in [1.54, 1.807) is 17.9 Å². The lowest BCUT2D eigenvalue weighted by molar-refractivity contribution is 0.631. The van der Waals surface area contributed by atoms with Gasteiger partial charge in [-0.15, -0.1) is 0 Å². The molecule has 0 aliphatic heterocycles. The van der Waals surface area contributed by atoms with Gasteiger partial charge < -0.3 is 0 Å². The maximum absolute atomic E-state index is 4.42. The average molecular weight is 248 g/mol. The van der Waals surface area contributed by atoms with Crippen LogP contribution in [0, 0.1) is 0 Å². The summed E-state index contributed by atoms with van der Waals surface area (Å²) in [6.45, 7) is 6.59. The monoisotopic (exact) mass is 248 g/mol. The molecule has 1 atom stereocenters. The van der Waals surface area contributed by atoms with Gasteiger partial charge in [0.2, 0.25) is 0 Å². The summed E-state index contributed by atoms with van der Waals surface area (Å²) in [6, 6.07) is 0. The molecule has 0 saturated heterocycles. The average Bonchev–Trinajstić information content (AvgIpc) is 2.79. The summed E-state index contributed by atoms with van der Waals surface area (Å²) in [6.07, 6.45) is 10.6. The van der Waals surface area contributed by atoms with E-state index in [2.05, 4.69) is 42.2 Å². The SMILES string of the molecule is CCCCC=C(C)C(CC)c1nccn1N=NC. The predicted molar refractivity (Wildman–Crippen MR) is 74.7 cm³/mol. The summed E-state index contributed by atoms with van der Waals surface area (Å²) in [5.74, 6) is 1.32. The van der Waals surface area contributed by atoms with Crippen molar-refractivity contribution >= 4 is 0 Å². The van der Waals surface area contributed by atoms with Crippen LogP contribution in [0.1, 0.15) is 58.2 Å². The molecule has 0 N–H and O–H groups in total. The molecule has 0 radical (unpaired) electrons. The van der Waals surface area contributed by atoms with Gasteiger partial charge in [0.25, 0.3) is 0 Å². The van der Waals surface area contributed by atoms with Crippen molar-refractivity contribution in [2.75, 3.05) is 7.05 Å². The first kappa shape index (κ1) is 14.6. The number of unbranched alkanes of at least 4 members (excludes halogenated alkanes) is 2. The number of aromatic nitrogens is 2. The Morgan fingerprint density at radius 2 is 2.28 bits per heavy atom. The lowest BCUT2D eigenvalue weighted by Gasteiger charge is -2.15. The Morgan fingerprint density at radius 3 is 2.89 bits per heavy atom. The van der Waals surface area contributed by atoms with E-state index in [1.165, 1.54) is 18.4 Å². The third-order valence-corrected chi connectivity index (χ3v) is 3.13. The Kier molecular flexibility index (Phi) is 6.33. The summed E-state index contributed by atoms with van der Waals surface area (Å²) in [5, 5.41) is 7.89. The fraction of sp³-hybridized carbons (Fsp3) is 0.643. The van der Waals surface area contributed by atoms with Crippen molar-refractivity contribution in [2.24, 2.45) is 10.3 Å². The molecule has 0 fully saturated rings. The van der Waals surface area contributed by atoms with E-state index in [9.17, 15) is 0 Å². The third kappa shape index (κ3) is 3.79. The van der Waals surface area contributed by atoms with Crippen molar-refractivity contribution < 1.29 is 0 Å². The maximum atomic E-state index is 4.42. The van der Waals surface area contributed by atoms with Crippen LogP contribution in [0.25, 0.3) is 0 Å². The Hall–Kier alpha value is -1.45. The quantitative estimate of drug-likeness (QED) is 0.401. The Labute approximate surface area is 110 Å². The molecule has 4 heteroatoms. The molecule has 1 heterocycles. The number of nitrogens with zero attached hydrogens (tertiary/aromatic N) is 4. The normalized spacial score (nSPS) is 14.3. The number of hydrogen-bond donors (Lipinski definition) is 0. The number of imidazole rings is 1. The van der Waals surface area contributed by atoms with Crippen molar-refractivity contribution in [1.82, 2.24) is 9.66 Å². The molecule has 0 bridgehead atoms. The first-order valence-electron chi connectivity index (χ1n) is 6.74. The van der Waals surface area contributed by atoms with Crippen LogP contribution in [0.2, 0.25) is 0 Å². The van der Waals surface area contributed by atoms with Gasteiger partial charge in [0.1, 0.15) is 5.82 Å². The van der Waals surface area contributed by atoms with Crippen LogP contribution in [0.15, 0.2) is 34.4 Å². The highest BCUT2D eigenvalue weighted by atomic mass is 15.5. The zero-order valence-corrected chi connectivity index (χ0v) is 11.9. The summed E-state index contributed by atoms with van der Waals surface area (Å²) in [5.41, 5.74) is 1.38. The molecule has 1 unspecified atom stereocenters. The van der Waals surface area contributed by atoms with Gasteiger partial charge in [-0.1, -0.05) is 43.6 Å². The molecule has 0 saturated carbocycles. The number of allylic oxidation sites excluding steroid dienone is 2. The van der Waals surface area contributed by atoms with Gasteiger partial charge in [0, 0.05) is 12.1 Å². The summed E-state index contributed by atoms with van der Waals surface area (Å²) >= 11 is 0. The molecule has 0 spiro atoms. The predicted octanol–water partition coefficient (Wildman–Crippen LogP) is 4.36. The van der Waals surface area contributed by atoms with E-state index in [1.807, 2.05) is 6.20 Å². The van der Waals surface area contributed by atoms with Gasteiger partial charge in [0.05, 0.1) is 13.2 Å². The van der Waals surface area contributed by atoms with E-state index in [-0.39, 0.29) is 0 Å². The fourth-order valence-electron chi connectivity index (χ4n) is 2.11. The highest BCUT2D eigenvalue weighted by molar-refractivity contribution is 5.17. The molecule has 0 aliphatic rings. The lowest BCUT2D eigenvalue weighted by Crippen LogP contribution is -2.06. The smallest absolute Gasteiger partial charge is 0.138 e. The summed E-state index contributed by atoms with van der Waals surface area (Å²) < 4.78 is 1.77. The van der Waals surface area contributed by atoms with Crippen LogP contribution in [-0.4, -0.2) is 16.7 Å². The molecule has 18 heavy (non-hydrogen) atoms. The molecule has 1 aromatic heterocycles. The van der Waals surface area contributed by atoms with E-state index in [0.717, 1.165) is 18.7 Å². The molecule has 100 valence electrons. The van der Waals surface area contributed by atoms with Gasteiger partial charge in [-0.25, -0.2) is 9.66 Å². The lowest BCUT2D eigenvalue weighted by atomic mass is 9.95. The molecular weight excluding hydrogens is 224 g/mol. The topological polar surface area (TPSA) is 42.5 Å². The highest BCUT2D eigenvalue weighted by Crippen LogP contribution is 2.26. The molecule has 0 amide bonds. The highest BCUT2D eigenvalue weighted by Gasteiger charge is 2.16. The van der Waals surface area contributed by atoms with Crippen LogP contribution >= 0.6 is 0 Å². The molecule has 1 rings (SSSR count). The Balaban J connectivity index is 2.88. The second-order valence-electron chi connectivity index (χ2n) is 4.47. The van der Waals surface area contributed by atoms with Gasteiger partial charge in [-0.05, 0) is 19.8 Å². The number of rotatable bonds is 7. The zero-order valence-electron chi connectivity index (χ0n) is 11.9. The van der Waals surface area contributed by atoms with E-state index >= 15 is 0 Å². The molecule has 4 nitrogen and oxygen atoms in total. The van der Waals surface area contributed by atoms with E-state index < -0.39 is 0 Å². The summed E-state index contributed by atoms with van der Waals surface area (Å²) in [4.78, 5) is 4.42. The maximum Gasteiger partial charge on any atom is 0.138 e. The molecule has 0 aliphatic carbocycles. The standard InChI is InChI=1S/C14H24N4/c1-5-7-8-9-12(3)13(6-2)14-16-10-11-18(14)17-15-4/h9-11,13H,5-8H2,1-4H3. The second-order valence-corrected chi connectivity index (χ2v) is 4.47. The second kappa shape index (κ2) is 7.80. The van der Waals surface area contributed by atoms with Crippen molar-refractivity contribution in [1.29, 1.82) is 0 Å².